The molecule has 4 nitrogen and oxygen atoms in total. The topological polar surface area (TPSA) is 65.9 Å². The molecule has 0 aliphatic rings. The van der Waals surface area contributed by atoms with E-state index in [2.05, 4.69) is 4.98 Å². The van der Waals surface area contributed by atoms with Crippen LogP contribution >= 0.6 is 0 Å². The molecule has 0 saturated carbocycles. The average molecular weight is 268 g/mol. The molecule has 1 heterocycles. The molecule has 20 heavy (non-hydrogen) atoms. The Morgan fingerprint density at radius 2 is 1.80 bits per heavy atom. The summed E-state index contributed by atoms with van der Waals surface area (Å²) in [6.45, 7) is 5.80. The van der Waals surface area contributed by atoms with Gasteiger partial charge in [-0.05, 0) is 55.7 Å². The second kappa shape index (κ2) is 5.22. The first-order valence-corrected chi connectivity index (χ1v) is 6.27. The van der Waals surface area contributed by atoms with Crippen LogP contribution in [-0.4, -0.2) is 12.1 Å². The molecule has 0 aliphatic carbocycles. The highest BCUT2D eigenvalue weighted by Crippen LogP contribution is 2.30. The SMILES string of the molecule is COc1cc(C)c(-c2[nH]c(=O)c(C#N)cc2C)cc1C. The Labute approximate surface area is 117 Å². The van der Waals surface area contributed by atoms with Gasteiger partial charge in [-0.15, -0.1) is 0 Å². The highest BCUT2D eigenvalue weighted by Gasteiger charge is 2.12. The number of pyridine rings is 1. The Hall–Kier alpha value is -2.54. The molecule has 0 amide bonds. The van der Waals surface area contributed by atoms with Crippen LogP contribution in [0.5, 0.6) is 5.75 Å². The van der Waals surface area contributed by atoms with Gasteiger partial charge in [-0.3, -0.25) is 4.79 Å². The molecule has 4 heteroatoms. The summed E-state index contributed by atoms with van der Waals surface area (Å²) in [6, 6.07) is 7.44. The normalized spacial score (nSPS) is 10.2. The number of nitrogens with zero attached hydrogens (tertiary/aromatic N) is 1. The van der Waals surface area contributed by atoms with E-state index >= 15 is 0 Å². The first-order valence-electron chi connectivity index (χ1n) is 6.27. The van der Waals surface area contributed by atoms with E-state index in [1.165, 1.54) is 0 Å². The fourth-order valence-corrected chi connectivity index (χ4v) is 2.28. The first-order chi connectivity index (χ1) is 9.47. The number of methoxy groups -OCH3 is 1. The van der Waals surface area contributed by atoms with E-state index in [0.29, 0.717) is 0 Å². The first kappa shape index (κ1) is 13.9. The minimum absolute atomic E-state index is 0.133. The van der Waals surface area contributed by atoms with Crippen molar-refractivity contribution in [1.82, 2.24) is 4.98 Å². The van der Waals surface area contributed by atoms with Crippen LogP contribution in [0, 0.1) is 32.1 Å². The molecule has 0 saturated heterocycles. The summed E-state index contributed by atoms with van der Waals surface area (Å²) >= 11 is 0. The minimum Gasteiger partial charge on any atom is -0.496 e. The summed E-state index contributed by atoms with van der Waals surface area (Å²) in [4.78, 5) is 14.6. The van der Waals surface area contributed by atoms with Crippen LogP contribution in [0.3, 0.4) is 0 Å². The van der Waals surface area contributed by atoms with Gasteiger partial charge in [0.2, 0.25) is 0 Å². The molecule has 1 aromatic heterocycles. The van der Waals surface area contributed by atoms with Crippen LogP contribution in [0.1, 0.15) is 22.3 Å². The average Bonchev–Trinajstić information content (AvgIpc) is 2.43. The third-order valence-corrected chi connectivity index (χ3v) is 3.37. The van der Waals surface area contributed by atoms with Crippen molar-refractivity contribution in [1.29, 1.82) is 5.26 Å². The van der Waals surface area contributed by atoms with Crippen molar-refractivity contribution in [2.24, 2.45) is 0 Å². The van der Waals surface area contributed by atoms with Crippen LogP contribution < -0.4 is 10.3 Å². The number of benzene rings is 1. The van der Waals surface area contributed by atoms with Crippen molar-refractivity contribution >= 4 is 0 Å². The van der Waals surface area contributed by atoms with Crippen LogP contribution in [0.2, 0.25) is 0 Å². The van der Waals surface area contributed by atoms with Gasteiger partial charge in [0.1, 0.15) is 17.4 Å². The number of rotatable bonds is 2. The molecule has 2 aromatic rings. The van der Waals surface area contributed by atoms with Gasteiger partial charge in [0.25, 0.3) is 5.56 Å². The molecule has 0 unspecified atom stereocenters. The lowest BCUT2D eigenvalue weighted by Gasteiger charge is -2.13. The van der Waals surface area contributed by atoms with Crippen molar-refractivity contribution in [2.75, 3.05) is 7.11 Å². The molecular formula is C16H16N2O2. The Kier molecular flexibility index (Phi) is 3.62. The Balaban J connectivity index is 2.70. The number of hydrogen-bond donors (Lipinski definition) is 1. The van der Waals surface area contributed by atoms with Crippen molar-refractivity contribution in [3.63, 3.8) is 0 Å². The van der Waals surface area contributed by atoms with Crippen molar-refractivity contribution in [3.05, 3.63) is 50.8 Å². The number of nitrogens with one attached hydrogen (secondary N) is 1. The monoisotopic (exact) mass is 268 g/mol. The third kappa shape index (κ3) is 2.30. The molecule has 0 spiro atoms. The molecule has 0 aliphatic heterocycles. The zero-order chi connectivity index (χ0) is 14.9. The number of hydrogen-bond acceptors (Lipinski definition) is 3. The third-order valence-electron chi connectivity index (χ3n) is 3.37. The largest absolute Gasteiger partial charge is 0.496 e. The summed E-state index contributed by atoms with van der Waals surface area (Å²) in [6.07, 6.45) is 0. The second-order valence-corrected chi connectivity index (χ2v) is 4.82. The van der Waals surface area contributed by atoms with Gasteiger partial charge < -0.3 is 9.72 Å². The van der Waals surface area contributed by atoms with E-state index in [1.807, 2.05) is 39.0 Å². The lowest BCUT2D eigenvalue weighted by Crippen LogP contribution is -2.12. The molecule has 0 radical (unpaired) electrons. The number of aromatic nitrogens is 1. The standard InChI is InChI=1S/C16H16N2O2/c1-9-7-14(20-4)10(2)6-13(9)15-11(3)5-12(8-17)16(19)18-15/h5-7H,1-4H3,(H,18,19). The van der Waals surface area contributed by atoms with Crippen LogP contribution in [-0.2, 0) is 0 Å². The molecule has 0 bridgehead atoms. The van der Waals surface area contributed by atoms with E-state index < -0.39 is 0 Å². The van der Waals surface area contributed by atoms with E-state index in [0.717, 1.165) is 33.7 Å². The van der Waals surface area contributed by atoms with Crippen molar-refractivity contribution in [2.45, 2.75) is 20.8 Å². The maximum absolute atomic E-state index is 11.8. The molecule has 1 N–H and O–H groups in total. The molecule has 102 valence electrons. The van der Waals surface area contributed by atoms with Crippen LogP contribution in [0.4, 0.5) is 0 Å². The summed E-state index contributed by atoms with van der Waals surface area (Å²) in [5, 5.41) is 8.88. The summed E-state index contributed by atoms with van der Waals surface area (Å²) in [5.74, 6) is 0.819. The molecular weight excluding hydrogens is 252 g/mol. The van der Waals surface area contributed by atoms with Gasteiger partial charge in [-0.25, -0.2) is 0 Å². The summed E-state index contributed by atoms with van der Waals surface area (Å²) in [7, 11) is 1.64. The number of H-pyrrole nitrogens is 1. The maximum Gasteiger partial charge on any atom is 0.266 e. The van der Waals surface area contributed by atoms with Crippen LogP contribution in [0.15, 0.2) is 23.0 Å². The van der Waals surface area contributed by atoms with E-state index in [1.54, 1.807) is 13.2 Å². The molecule has 1 aromatic carbocycles. The fourth-order valence-electron chi connectivity index (χ4n) is 2.28. The molecule has 0 atom stereocenters. The predicted molar refractivity (Wildman–Crippen MR) is 78.0 cm³/mol. The smallest absolute Gasteiger partial charge is 0.266 e. The van der Waals surface area contributed by atoms with E-state index in [4.69, 9.17) is 10.00 Å². The zero-order valence-electron chi connectivity index (χ0n) is 12.0. The van der Waals surface area contributed by atoms with Crippen molar-refractivity contribution < 1.29 is 4.74 Å². The van der Waals surface area contributed by atoms with E-state index in [9.17, 15) is 4.79 Å². The fraction of sp³-hybridized carbons (Fsp3) is 0.250. The van der Waals surface area contributed by atoms with Gasteiger partial charge in [0.05, 0.1) is 12.8 Å². The lowest BCUT2D eigenvalue weighted by atomic mass is 9.98. The number of aromatic amines is 1. The van der Waals surface area contributed by atoms with Gasteiger partial charge in [0, 0.05) is 5.56 Å². The minimum atomic E-state index is -0.360. The van der Waals surface area contributed by atoms with E-state index in [-0.39, 0.29) is 11.1 Å². The molecule has 2 rings (SSSR count). The van der Waals surface area contributed by atoms with Crippen LogP contribution in [0.25, 0.3) is 11.3 Å². The Bertz CT molecular complexity index is 767. The van der Waals surface area contributed by atoms with Crippen molar-refractivity contribution in [3.8, 4) is 23.1 Å². The number of aryl methyl sites for hydroxylation is 3. The molecule has 0 fully saturated rings. The quantitative estimate of drug-likeness (QED) is 0.910. The summed E-state index contributed by atoms with van der Waals surface area (Å²) < 4.78 is 5.29. The van der Waals surface area contributed by atoms with Gasteiger partial charge in [-0.1, -0.05) is 0 Å². The Morgan fingerprint density at radius 3 is 2.40 bits per heavy atom. The predicted octanol–water partition coefficient (Wildman–Crippen LogP) is 2.85. The Morgan fingerprint density at radius 1 is 1.10 bits per heavy atom. The highest BCUT2D eigenvalue weighted by atomic mass is 16.5. The number of nitriles is 1. The maximum atomic E-state index is 11.8. The second-order valence-electron chi connectivity index (χ2n) is 4.82. The number of ether oxygens (including phenoxy) is 1. The summed E-state index contributed by atoms with van der Waals surface area (Å²) in [5.41, 5.74) is 4.34. The lowest BCUT2D eigenvalue weighted by molar-refractivity contribution is 0.411. The van der Waals surface area contributed by atoms with Gasteiger partial charge >= 0.3 is 0 Å². The van der Waals surface area contributed by atoms with Gasteiger partial charge in [0.15, 0.2) is 0 Å². The van der Waals surface area contributed by atoms with Gasteiger partial charge in [-0.2, -0.15) is 5.26 Å². The highest BCUT2D eigenvalue weighted by molar-refractivity contribution is 5.69. The zero-order valence-corrected chi connectivity index (χ0v) is 12.0.